The second kappa shape index (κ2) is 4.69. The van der Waals surface area contributed by atoms with Gasteiger partial charge in [-0.3, -0.25) is 0 Å². The number of amides is 1. The minimum Gasteiger partial charge on any atom is -0.476 e. The molecule has 0 spiro atoms. The lowest BCUT2D eigenvalue weighted by atomic mass is 10.2. The first-order valence-corrected chi connectivity index (χ1v) is 7.81. The van der Waals surface area contributed by atoms with Crippen LogP contribution in [0.1, 0.15) is 42.2 Å². The van der Waals surface area contributed by atoms with E-state index < -0.39 is 11.6 Å². The van der Waals surface area contributed by atoms with E-state index in [9.17, 15) is 9.59 Å². The number of carbonyl (C=O) groups is 2. The molecule has 1 saturated heterocycles. The summed E-state index contributed by atoms with van der Waals surface area (Å²) >= 11 is 1.40. The summed E-state index contributed by atoms with van der Waals surface area (Å²) in [5.74, 6) is 0.108. The number of carboxylic acid groups (broad SMARTS) is 1. The maximum Gasteiger partial charge on any atom is 0.410 e. The summed E-state index contributed by atoms with van der Waals surface area (Å²) in [5.41, 5.74) is -0.362. The maximum absolute atomic E-state index is 12.0. The lowest BCUT2D eigenvalue weighted by molar-refractivity contribution is 0.0271. The van der Waals surface area contributed by atoms with Crippen molar-refractivity contribution >= 4 is 23.4 Å². The Morgan fingerprint density at radius 2 is 2.00 bits per heavy atom. The number of aromatic nitrogens is 1. The van der Waals surface area contributed by atoms with Gasteiger partial charge in [-0.1, -0.05) is 0 Å². The number of ether oxygens (including phenoxy) is 1. The van der Waals surface area contributed by atoms with Crippen molar-refractivity contribution in [3.05, 3.63) is 16.1 Å². The van der Waals surface area contributed by atoms with E-state index in [1.807, 2.05) is 20.8 Å². The van der Waals surface area contributed by atoms with Crippen molar-refractivity contribution in [3.63, 3.8) is 0 Å². The molecule has 3 atom stereocenters. The highest BCUT2D eigenvalue weighted by atomic mass is 32.1. The molecule has 1 aromatic heterocycles. The molecule has 7 heteroatoms. The van der Waals surface area contributed by atoms with Gasteiger partial charge in [-0.2, -0.15) is 0 Å². The third-order valence-corrected chi connectivity index (χ3v) is 4.82. The minimum atomic E-state index is -0.987. The lowest BCUT2D eigenvalue weighted by Gasteiger charge is -2.25. The summed E-state index contributed by atoms with van der Waals surface area (Å²) < 4.78 is 5.36. The molecule has 1 aliphatic carbocycles. The predicted octanol–water partition coefficient (Wildman–Crippen LogP) is 2.42. The molecule has 21 heavy (non-hydrogen) atoms. The van der Waals surface area contributed by atoms with E-state index in [0.717, 1.165) is 5.01 Å². The normalized spacial score (nSPS) is 27.4. The van der Waals surface area contributed by atoms with Gasteiger partial charge in [0, 0.05) is 24.4 Å². The van der Waals surface area contributed by atoms with Gasteiger partial charge in [-0.15, -0.1) is 11.3 Å². The van der Waals surface area contributed by atoms with Gasteiger partial charge in [0.05, 0.1) is 5.01 Å². The van der Waals surface area contributed by atoms with Crippen molar-refractivity contribution in [1.29, 1.82) is 0 Å². The van der Waals surface area contributed by atoms with Gasteiger partial charge in [0.25, 0.3) is 0 Å². The van der Waals surface area contributed by atoms with E-state index >= 15 is 0 Å². The molecule has 0 radical (unpaired) electrons. The fraction of sp³-hybridized carbons (Fsp3) is 0.643. The largest absolute Gasteiger partial charge is 0.476 e. The van der Waals surface area contributed by atoms with E-state index in [1.165, 1.54) is 11.3 Å². The molecule has 1 unspecified atom stereocenters. The molecule has 2 heterocycles. The first-order valence-electron chi connectivity index (χ1n) is 6.93. The van der Waals surface area contributed by atoms with Crippen LogP contribution >= 0.6 is 11.3 Å². The van der Waals surface area contributed by atoms with E-state index in [0.29, 0.717) is 30.8 Å². The number of nitrogens with zero attached hydrogens (tertiary/aromatic N) is 2. The summed E-state index contributed by atoms with van der Waals surface area (Å²) in [6.07, 6.45) is -0.265. The first kappa shape index (κ1) is 14.3. The molecule has 1 saturated carbocycles. The second-order valence-corrected chi connectivity index (χ2v) is 7.50. The SMILES string of the molecule is CC(C)(C)OC(=O)N1C[C@@H]2C(c3nc(C(=O)O)cs3)[C@@H]2C1. The molecule has 2 aliphatic rings. The quantitative estimate of drug-likeness (QED) is 0.907. The Labute approximate surface area is 126 Å². The number of carboxylic acids is 1. The van der Waals surface area contributed by atoms with Gasteiger partial charge in [0.2, 0.25) is 0 Å². The van der Waals surface area contributed by atoms with Crippen molar-refractivity contribution in [3.8, 4) is 0 Å². The first-order chi connectivity index (χ1) is 9.76. The van der Waals surface area contributed by atoms with Gasteiger partial charge in [-0.25, -0.2) is 14.6 Å². The van der Waals surface area contributed by atoms with Crippen molar-refractivity contribution in [2.75, 3.05) is 13.1 Å². The second-order valence-electron chi connectivity index (χ2n) is 6.61. The predicted molar refractivity (Wildman–Crippen MR) is 76.6 cm³/mol. The number of aromatic carboxylic acids is 1. The number of hydrogen-bond acceptors (Lipinski definition) is 5. The Hall–Kier alpha value is -1.63. The third kappa shape index (κ3) is 2.74. The fourth-order valence-electron chi connectivity index (χ4n) is 2.91. The van der Waals surface area contributed by atoms with Crippen molar-refractivity contribution in [2.45, 2.75) is 32.3 Å². The zero-order chi connectivity index (χ0) is 15.4. The van der Waals surface area contributed by atoms with E-state index in [4.69, 9.17) is 9.84 Å². The van der Waals surface area contributed by atoms with Crippen LogP contribution in [0.3, 0.4) is 0 Å². The number of thiazole rings is 1. The molecule has 3 rings (SSSR count). The Morgan fingerprint density at radius 3 is 2.48 bits per heavy atom. The van der Waals surface area contributed by atoms with Crippen molar-refractivity contribution in [1.82, 2.24) is 9.88 Å². The van der Waals surface area contributed by atoms with Gasteiger partial charge < -0.3 is 14.7 Å². The van der Waals surface area contributed by atoms with Gasteiger partial charge >= 0.3 is 12.1 Å². The molecule has 0 bridgehead atoms. The van der Waals surface area contributed by atoms with Crippen LogP contribution in [0.15, 0.2) is 5.38 Å². The van der Waals surface area contributed by atoms with Crippen molar-refractivity contribution in [2.24, 2.45) is 11.8 Å². The summed E-state index contributed by atoms with van der Waals surface area (Å²) in [6.45, 7) is 6.91. The van der Waals surface area contributed by atoms with Crippen LogP contribution in [0.2, 0.25) is 0 Å². The molecule has 6 nitrogen and oxygen atoms in total. The zero-order valence-corrected chi connectivity index (χ0v) is 13.0. The smallest absolute Gasteiger partial charge is 0.410 e. The van der Waals surface area contributed by atoms with Crippen LogP contribution in [0.5, 0.6) is 0 Å². The van der Waals surface area contributed by atoms with Crippen LogP contribution in [0.4, 0.5) is 4.79 Å². The molecule has 0 aromatic carbocycles. The van der Waals surface area contributed by atoms with E-state index in [2.05, 4.69) is 4.98 Å². The van der Waals surface area contributed by atoms with Crippen LogP contribution in [0, 0.1) is 11.8 Å². The molecule has 1 N–H and O–H groups in total. The highest BCUT2D eigenvalue weighted by Crippen LogP contribution is 2.58. The van der Waals surface area contributed by atoms with Gasteiger partial charge in [0.15, 0.2) is 5.69 Å². The third-order valence-electron chi connectivity index (χ3n) is 3.87. The average Bonchev–Trinajstić information content (AvgIpc) is 2.82. The maximum atomic E-state index is 12.0. The molecular formula is C14H18N2O4S. The fourth-order valence-corrected chi connectivity index (χ4v) is 3.95. The molecule has 1 aromatic rings. The van der Waals surface area contributed by atoms with E-state index in [1.54, 1.807) is 10.3 Å². The number of rotatable bonds is 2. The Kier molecular flexibility index (Phi) is 3.20. The number of fused-ring (bicyclic) bond motifs is 1. The Bertz CT molecular complexity index is 580. The highest BCUT2D eigenvalue weighted by Gasteiger charge is 2.59. The number of hydrogen-bond donors (Lipinski definition) is 1. The summed E-state index contributed by atoms with van der Waals surface area (Å²) in [6, 6.07) is 0. The number of piperidine rings is 1. The zero-order valence-electron chi connectivity index (χ0n) is 12.2. The number of carbonyl (C=O) groups excluding carboxylic acids is 1. The Morgan fingerprint density at radius 1 is 1.38 bits per heavy atom. The summed E-state index contributed by atoms with van der Waals surface area (Å²) in [5, 5.41) is 11.4. The van der Waals surface area contributed by atoms with Crippen molar-refractivity contribution < 1.29 is 19.4 Å². The monoisotopic (exact) mass is 310 g/mol. The summed E-state index contributed by atoms with van der Waals surface area (Å²) in [7, 11) is 0. The molecule has 1 aliphatic heterocycles. The van der Waals surface area contributed by atoms with Crippen LogP contribution < -0.4 is 0 Å². The van der Waals surface area contributed by atoms with Gasteiger partial charge in [-0.05, 0) is 32.6 Å². The van der Waals surface area contributed by atoms with Crippen LogP contribution in [0.25, 0.3) is 0 Å². The topological polar surface area (TPSA) is 79.7 Å². The highest BCUT2D eigenvalue weighted by molar-refractivity contribution is 7.10. The average molecular weight is 310 g/mol. The molecule has 2 fully saturated rings. The van der Waals surface area contributed by atoms with Crippen LogP contribution in [-0.4, -0.2) is 45.7 Å². The molecular weight excluding hydrogens is 292 g/mol. The molecule has 1 amide bonds. The number of likely N-dealkylation sites (tertiary alicyclic amines) is 1. The minimum absolute atomic E-state index is 0.115. The Balaban J connectivity index is 1.58. The van der Waals surface area contributed by atoms with Crippen LogP contribution in [-0.2, 0) is 4.74 Å². The standard InChI is InChI=1S/C14H18N2O4S/c1-14(2,3)20-13(19)16-4-7-8(5-16)10(7)11-15-9(6-21-11)12(17)18/h6-8,10H,4-5H2,1-3H3,(H,17,18)/t7-,8+,10?. The lowest BCUT2D eigenvalue weighted by Crippen LogP contribution is -2.36. The van der Waals surface area contributed by atoms with Gasteiger partial charge in [0.1, 0.15) is 5.60 Å². The summed E-state index contributed by atoms with van der Waals surface area (Å²) in [4.78, 5) is 28.7. The van der Waals surface area contributed by atoms with E-state index in [-0.39, 0.29) is 11.8 Å². The molecule has 114 valence electrons.